The van der Waals surface area contributed by atoms with E-state index in [2.05, 4.69) is 15.2 Å². The number of para-hydroxylation sites is 2. The zero-order valence-electron chi connectivity index (χ0n) is 14.1. The van der Waals surface area contributed by atoms with E-state index in [9.17, 15) is 4.79 Å². The number of hydrogen-bond acceptors (Lipinski definition) is 3. The summed E-state index contributed by atoms with van der Waals surface area (Å²) in [4.78, 5) is 19.4. The Morgan fingerprint density at radius 2 is 1.91 bits per heavy atom. The molecule has 1 saturated heterocycles. The third-order valence-electron chi connectivity index (χ3n) is 4.87. The number of carbonyl (C=O) groups is 1. The molecule has 0 unspecified atom stereocenters. The van der Waals surface area contributed by atoms with Crippen LogP contribution in [0.2, 0.25) is 0 Å². The van der Waals surface area contributed by atoms with Crippen LogP contribution in [0.1, 0.15) is 38.4 Å². The molecule has 1 aromatic carbocycles. The molecule has 5 heteroatoms. The highest BCUT2D eigenvalue weighted by atomic mass is 16.2. The van der Waals surface area contributed by atoms with Crippen LogP contribution in [0.3, 0.4) is 0 Å². The van der Waals surface area contributed by atoms with Crippen molar-refractivity contribution < 1.29 is 4.79 Å². The Morgan fingerprint density at radius 1 is 1.22 bits per heavy atom. The quantitative estimate of drug-likeness (QED) is 0.943. The van der Waals surface area contributed by atoms with Gasteiger partial charge in [-0.25, -0.2) is 4.98 Å². The van der Waals surface area contributed by atoms with Crippen LogP contribution in [0, 0.1) is 0 Å². The summed E-state index contributed by atoms with van der Waals surface area (Å²) in [5.74, 6) is 0.988. The maximum Gasteiger partial charge on any atom is 0.237 e. The summed E-state index contributed by atoms with van der Waals surface area (Å²) in [7, 11) is 2.00. The van der Waals surface area contributed by atoms with Gasteiger partial charge in [0.05, 0.1) is 23.6 Å². The highest BCUT2D eigenvalue weighted by molar-refractivity contribution is 5.81. The van der Waals surface area contributed by atoms with Crippen LogP contribution >= 0.6 is 0 Å². The first-order chi connectivity index (χ1) is 11.2. The molecule has 0 bridgehead atoms. The Bertz CT molecular complexity index is 671. The fraction of sp³-hybridized carbons (Fsp3) is 0.556. The zero-order valence-corrected chi connectivity index (χ0v) is 14.1. The maximum absolute atomic E-state index is 12.5. The summed E-state index contributed by atoms with van der Waals surface area (Å²) in [6, 6.07) is 7.98. The molecule has 0 radical (unpaired) electrons. The Hall–Kier alpha value is -1.88. The van der Waals surface area contributed by atoms with Gasteiger partial charge in [0, 0.05) is 7.05 Å². The Balaban J connectivity index is 1.62. The number of aromatic nitrogens is 2. The average Bonchev–Trinajstić information content (AvgIpc) is 2.76. The number of amides is 1. The van der Waals surface area contributed by atoms with E-state index in [1.54, 1.807) is 0 Å². The molecule has 1 amide bonds. The lowest BCUT2D eigenvalue weighted by Gasteiger charge is -2.26. The smallest absolute Gasteiger partial charge is 0.237 e. The highest BCUT2D eigenvalue weighted by Gasteiger charge is 2.22. The van der Waals surface area contributed by atoms with Crippen molar-refractivity contribution in [3.63, 3.8) is 0 Å². The molecule has 1 aromatic heterocycles. The summed E-state index contributed by atoms with van der Waals surface area (Å²) in [5.41, 5.74) is 2.07. The van der Waals surface area contributed by atoms with Crippen LogP contribution in [0.15, 0.2) is 24.3 Å². The molecular weight excluding hydrogens is 288 g/mol. The predicted molar refractivity (Wildman–Crippen MR) is 92.1 cm³/mol. The van der Waals surface area contributed by atoms with Crippen LogP contribution in [0.4, 0.5) is 0 Å². The minimum Gasteiger partial charge on any atom is -0.348 e. The summed E-state index contributed by atoms with van der Waals surface area (Å²) in [5, 5.41) is 3.05. The standard InChI is InChI=1S/C18H26N4O/c1-14(22-11-7-3-4-8-12-22)18(23)19-13-17-20-15-9-5-6-10-16(15)21(17)2/h5-6,9-10,14H,3-4,7-8,11-13H2,1-2H3,(H,19,23)/t14-/m0/s1. The molecule has 1 N–H and O–H groups in total. The monoisotopic (exact) mass is 314 g/mol. The van der Waals surface area contributed by atoms with Gasteiger partial charge in [-0.15, -0.1) is 0 Å². The van der Waals surface area contributed by atoms with E-state index in [1.807, 2.05) is 42.8 Å². The molecule has 0 aliphatic carbocycles. The van der Waals surface area contributed by atoms with Gasteiger partial charge in [-0.3, -0.25) is 9.69 Å². The minimum atomic E-state index is -0.0669. The highest BCUT2D eigenvalue weighted by Crippen LogP contribution is 2.15. The minimum absolute atomic E-state index is 0.0669. The number of carbonyl (C=O) groups excluding carboxylic acids is 1. The number of aryl methyl sites for hydroxylation is 1. The second-order valence-corrected chi connectivity index (χ2v) is 6.42. The van der Waals surface area contributed by atoms with Crippen molar-refractivity contribution in [2.45, 2.75) is 45.2 Å². The van der Waals surface area contributed by atoms with Gasteiger partial charge in [0.2, 0.25) is 5.91 Å². The fourth-order valence-corrected chi connectivity index (χ4v) is 3.32. The van der Waals surface area contributed by atoms with Crippen molar-refractivity contribution in [2.75, 3.05) is 13.1 Å². The van der Waals surface area contributed by atoms with Gasteiger partial charge in [0.15, 0.2) is 0 Å². The number of fused-ring (bicyclic) bond motifs is 1. The third kappa shape index (κ3) is 3.55. The van der Waals surface area contributed by atoms with Gasteiger partial charge in [-0.05, 0) is 45.0 Å². The number of likely N-dealkylation sites (tertiary alicyclic amines) is 1. The molecule has 2 heterocycles. The SMILES string of the molecule is C[C@@H](C(=O)NCc1nc2ccccc2n1C)N1CCCCCC1. The van der Waals surface area contributed by atoms with Crippen LogP contribution in [-0.4, -0.2) is 39.5 Å². The average molecular weight is 314 g/mol. The van der Waals surface area contributed by atoms with E-state index in [1.165, 1.54) is 25.7 Å². The van der Waals surface area contributed by atoms with E-state index in [0.29, 0.717) is 6.54 Å². The van der Waals surface area contributed by atoms with Crippen molar-refractivity contribution >= 4 is 16.9 Å². The summed E-state index contributed by atoms with van der Waals surface area (Å²) in [6.07, 6.45) is 4.96. The lowest BCUT2D eigenvalue weighted by molar-refractivity contribution is -0.126. The second-order valence-electron chi connectivity index (χ2n) is 6.42. The lowest BCUT2D eigenvalue weighted by Crippen LogP contribution is -2.45. The first-order valence-electron chi connectivity index (χ1n) is 8.59. The van der Waals surface area contributed by atoms with Gasteiger partial charge >= 0.3 is 0 Å². The summed E-state index contributed by atoms with van der Waals surface area (Å²) < 4.78 is 2.05. The molecule has 1 fully saturated rings. The van der Waals surface area contributed by atoms with E-state index in [0.717, 1.165) is 29.9 Å². The van der Waals surface area contributed by atoms with Gasteiger partial charge in [-0.2, -0.15) is 0 Å². The third-order valence-corrected chi connectivity index (χ3v) is 4.87. The zero-order chi connectivity index (χ0) is 16.2. The number of hydrogen-bond donors (Lipinski definition) is 1. The molecule has 0 saturated carbocycles. The Morgan fingerprint density at radius 3 is 2.61 bits per heavy atom. The van der Waals surface area contributed by atoms with Crippen LogP contribution < -0.4 is 5.32 Å². The van der Waals surface area contributed by atoms with Crippen molar-refractivity contribution in [1.29, 1.82) is 0 Å². The Kier molecular flexibility index (Phi) is 4.96. The molecule has 23 heavy (non-hydrogen) atoms. The van der Waals surface area contributed by atoms with E-state index >= 15 is 0 Å². The molecule has 1 aliphatic rings. The number of rotatable bonds is 4. The molecular formula is C18H26N4O. The molecule has 0 spiro atoms. The molecule has 124 valence electrons. The van der Waals surface area contributed by atoms with Crippen molar-refractivity contribution in [1.82, 2.24) is 19.8 Å². The number of nitrogens with one attached hydrogen (secondary N) is 1. The van der Waals surface area contributed by atoms with Crippen molar-refractivity contribution in [3.8, 4) is 0 Å². The molecule has 5 nitrogen and oxygen atoms in total. The van der Waals surface area contributed by atoms with Crippen LogP contribution in [0.25, 0.3) is 11.0 Å². The Labute approximate surface area is 137 Å². The van der Waals surface area contributed by atoms with Gasteiger partial charge in [-0.1, -0.05) is 25.0 Å². The van der Waals surface area contributed by atoms with Crippen LogP contribution in [-0.2, 0) is 18.4 Å². The normalized spacial score (nSPS) is 17.8. The topological polar surface area (TPSA) is 50.2 Å². The molecule has 1 aliphatic heterocycles. The van der Waals surface area contributed by atoms with Gasteiger partial charge < -0.3 is 9.88 Å². The van der Waals surface area contributed by atoms with E-state index in [4.69, 9.17) is 0 Å². The summed E-state index contributed by atoms with van der Waals surface area (Å²) >= 11 is 0. The lowest BCUT2D eigenvalue weighted by atomic mass is 10.2. The molecule has 3 rings (SSSR count). The number of nitrogens with zero attached hydrogens (tertiary/aromatic N) is 3. The van der Waals surface area contributed by atoms with Crippen molar-refractivity contribution in [2.24, 2.45) is 7.05 Å². The number of imidazole rings is 1. The first kappa shape index (κ1) is 16.0. The van der Waals surface area contributed by atoms with Crippen molar-refractivity contribution in [3.05, 3.63) is 30.1 Å². The van der Waals surface area contributed by atoms with Crippen LogP contribution in [0.5, 0.6) is 0 Å². The maximum atomic E-state index is 12.5. The number of benzene rings is 1. The van der Waals surface area contributed by atoms with E-state index in [-0.39, 0.29) is 11.9 Å². The second kappa shape index (κ2) is 7.13. The molecule has 1 atom stereocenters. The summed E-state index contributed by atoms with van der Waals surface area (Å²) in [6.45, 7) is 4.54. The largest absolute Gasteiger partial charge is 0.348 e. The molecule has 2 aromatic rings. The van der Waals surface area contributed by atoms with E-state index < -0.39 is 0 Å². The first-order valence-corrected chi connectivity index (χ1v) is 8.59. The van der Waals surface area contributed by atoms with Gasteiger partial charge in [0.1, 0.15) is 5.82 Å². The predicted octanol–water partition coefficient (Wildman–Crippen LogP) is 2.45. The van der Waals surface area contributed by atoms with Gasteiger partial charge in [0.25, 0.3) is 0 Å². The fourth-order valence-electron chi connectivity index (χ4n) is 3.32.